The Morgan fingerprint density at radius 2 is 1.81 bits per heavy atom. The number of carbonyl (C=O) groups excluding carboxylic acids is 1. The molecule has 0 unspecified atom stereocenters. The highest BCUT2D eigenvalue weighted by Crippen LogP contribution is 2.59. The number of hydrogen-bond acceptors (Lipinski definition) is 3. The van der Waals surface area contributed by atoms with E-state index in [-0.39, 0.29) is 12.0 Å². The Kier molecular flexibility index (Phi) is 3.49. The topological polar surface area (TPSA) is 41.6 Å². The van der Waals surface area contributed by atoms with Gasteiger partial charge in [-0.25, -0.2) is 0 Å². The Morgan fingerprint density at radius 1 is 1.19 bits per heavy atom. The molecule has 1 N–H and O–H groups in total. The molecule has 5 rings (SSSR count). The average Bonchev–Trinajstić information content (AvgIpc) is 2.43. The fourth-order valence-electron chi connectivity index (χ4n) is 5.83. The van der Waals surface area contributed by atoms with Crippen LogP contribution >= 0.6 is 0 Å². The Balaban J connectivity index is 1.35. The first-order valence-electron chi connectivity index (χ1n) is 8.70. The van der Waals surface area contributed by atoms with E-state index in [1.165, 1.54) is 38.5 Å². The van der Waals surface area contributed by atoms with Gasteiger partial charge in [0.15, 0.2) is 0 Å². The number of carbonyl (C=O) groups is 1. The van der Waals surface area contributed by atoms with Gasteiger partial charge in [0, 0.05) is 19.6 Å². The van der Waals surface area contributed by atoms with E-state index in [2.05, 4.69) is 17.3 Å². The van der Waals surface area contributed by atoms with Crippen molar-refractivity contribution in [2.45, 2.75) is 44.6 Å². The molecular weight excluding hydrogens is 264 g/mol. The van der Waals surface area contributed by atoms with Crippen molar-refractivity contribution >= 4 is 5.91 Å². The van der Waals surface area contributed by atoms with E-state index in [0.29, 0.717) is 12.0 Å². The van der Waals surface area contributed by atoms with Gasteiger partial charge in [0.1, 0.15) is 6.10 Å². The van der Waals surface area contributed by atoms with E-state index < -0.39 is 0 Å². The summed E-state index contributed by atoms with van der Waals surface area (Å²) in [6.45, 7) is 3.22. The zero-order chi connectivity index (χ0) is 14.4. The van der Waals surface area contributed by atoms with Crippen LogP contribution in [0.25, 0.3) is 0 Å². The summed E-state index contributed by atoms with van der Waals surface area (Å²) in [4.78, 5) is 14.6. The molecule has 0 aromatic heterocycles. The van der Waals surface area contributed by atoms with Crippen LogP contribution < -0.4 is 5.32 Å². The molecule has 21 heavy (non-hydrogen) atoms. The lowest BCUT2D eigenvalue weighted by molar-refractivity contribution is -0.139. The first-order valence-corrected chi connectivity index (χ1v) is 8.70. The zero-order valence-corrected chi connectivity index (χ0v) is 13.1. The maximum absolute atomic E-state index is 12.4. The van der Waals surface area contributed by atoms with Crippen molar-refractivity contribution in [3.63, 3.8) is 0 Å². The molecule has 0 aromatic rings. The van der Waals surface area contributed by atoms with Crippen LogP contribution in [0.5, 0.6) is 0 Å². The highest BCUT2D eigenvalue weighted by molar-refractivity contribution is 5.81. The number of ether oxygens (including phenoxy) is 1. The Morgan fingerprint density at radius 3 is 2.38 bits per heavy atom. The quantitative estimate of drug-likeness (QED) is 0.860. The second kappa shape index (κ2) is 5.24. The molecule has 0 spiro atoms. The van der Waals surface area contributed by atoms with Gasteiger partial charge in [0.05, 0.1) is 6.61 Å². The van der Waals surface area contributed by atoms with Crippen molar-refractivity contribution in [3.8, 4) is 0 Å². The smallest absolute Gasteiger partial charge is 0.250 e. The lowest BCUT2D eigenvalue weighted by Crippen LogP contribution is -2.54. The molecule has 4 heteroatoms. The molecule has 4 bridgehead atoms. The second-order valence-corrected chi connectivity index (χ2v) is 8.26. The summed E-state index contributed by atoms with van der Waals surface area (Å²) in [6.07, 6.45) is 8.18. The number of likely N-dealkylation sites (N-methyl/N-ethyl adjacent to an activating group) is 1. The molecule has 1 aliphatic heterocycles. The third-order valence-corrected chi connectivity index (χ3v) is 6.36. The molecule has 4 saturated carbocycles. The number of hydrogen-bond donors (Lipinski definition) is 1. The Hall–Kier alpha value is -0.610. The summed E-state index contributed by atoms with van der Waals surface area (Å²) in [5, 5.41) is 3.24. The van der Waals surface area contributed by atoms with Crippen molar-refractivity contribution in [1.82, 2.24) is 10.2 Å². The van der Waals surface area contributed by atoms with Gasteiger partial charge in [-0.1, -0.05) is 0 Å². The summed E-state index contributed by atoms with van der Waals surface area (Å²) in [5.74, 6) is 2.96. The Labute approximate surface area is 127 Å². The van der Waals surface area contributed by atoms with Crippen LogP contribution in [-0.4, -0.2) is 50.2 Å². The minimum absolute atomic E-state index is 0.109. The van der Waals surface area contributed by atoms with Gasteiger partial charge >= 0.3 is 0 Å². The van der Waals surface area contributed by atoms with Crippen molar-refractivity contribution in [2.24, 2.45) is 23.2 Å². The van der Waals surface area contributed by atoms with Crippen LogP contribution in [0.2, 0.25) is 0 Å². The van der Waals surface area contributed by atoms with E-state index >= 15 is 0 Å². The monoisotopic (exact) mass is 292 g/mol. The summed E-state index contributed by atoms with van der Waals surface area (Å²) in [5.41, 5.74) is 0.422. The standard InChI is InChI=1S/C17H28N2O2/c1-19-2-3-21-15(10-19)16(20)18-11-17-7-12-4-13(8-17)6-14(5-12)9-17/h12-15H,2-11H2,1H3,(H,18,20)/t12?,13?,14?,15-,17?/m1/s1. The van der Waals surface area contributed by atoms with Crippen LogP contribution in [0.4, 0.5) is 0 Å². The number of amides is 1. The molecular formula is C17H28N2O2. The van der Waals surface area contributed by atoms with Crippen molar-refractivity contribution in [2.75, 3.05) is 33.3 Å². The largest absolute Gasteiger partial charge is 0.366 e. The molecule has 0 radical (unpaired) electrons. The maximum Gasteiger partial charge on any atom is 0.250 e. The fourth-order valence-corrected chi connectivity index (χ4v) is 5.83. The third-order valence-electron chi connectivity index (χ3n) is 6.36. The van der Waals surface area contributed by atoms with Crippen LogP contribution in [0.1, 0.15) is 38.5 Å². The van der Waals surface area contributed by atoms with Crippen molar-refractivity contribution < 1.29 is 9.53 Å². The van der Waals surface area contributed by atoms with Gasteiger partial charge in [-0.3, -0.25) is 4.79 Å². The van der Waals surface area contributed by atoms with Gasteiger partial charge in [-0.15, -0.1) is 0 Å². The van der Waals surface area contributed by atoms with E-state index in [1.54, 1.807) is 0 Å². The van der Waals surface area contributed by atoms with E-state index in [9.17, 15) is 4.79 Å². The molecule has 4 nitrogen and oxygen atoms in total. The predicted molar refractivity (Wildman–Crippen MR) is 80.9 cm³/mol. The van der Waals surface area contributed by atoms with Gasteiger partial charge in [-0.2, -0.15) is 0 Å². The van der Waals surface area contributed by atoms with Crippen LogP contribution in [0.3, 0.4) is 0 Å². The maximum atomic E-state index is 12.4. The molecule has 4 aliphatic carbocycles. The first kappa shape index (κ1) is 14.0. The summed E-state index contributed by atoms with van der Waals surface area (Å²) in [6, 6.07) is 0. The van der Waals surface area contributed by atoms with Crippen molar-refractivity contribution in [1.29, 1.82) is 0 Å². The highest BCUT2D eigenvalue weighted by atomic mass is 16.5. The minimum atomic E-state index is -0.266. The first-order chi connectivity index (χ1) is 10.1. The minimum Gasteiger partial charge on any atom is -0.366 e. The lowest BCUT2D eigenvalue weighted by atomic mass is 9.49. The van der Waals surface area contributed by atoms with Crippen LogP contribution in [0, 0.1) is 23.2 Å². The summed E-state index contributed by atoms with van der Waals surface area (Å²) in [7, 11) is 2.06. The molecule has 5 fully saturated rings. The van der Waals surface area contributed by atoms with Gasteiger partial charge in [0.2, 0.25) is 5.91 Å². The SMILES string of the molecule is CN1CCO[C@@H](C(=O)NCC23CC4CC(CC(C4)C2)C3)C1. The summed E-state index contributed by atoms with van der Waals surface area (Å²) < 4.78 is 5.63. The second-order valence-electron chi connectivity index (χ2n) is 8.26. The van der Waals surface area contributed by atoms with Crippen molar-refractivity contribution in [3.05, 3.63) is 0 Å². The van der Waals surface area contributed by atoms with Crippen LogP contribution in [0.15, 0.2) is 0 Å². The normalized spacial score (nSPS) is 45.8. The molecule has 0 aromatic carbocycles. The lowest BCUT2D eigenvalue weighted by Gasteiger charge is -2.57. The van der Waals surface area contributed by atoms with E-state index in [0.717, 1.165) is 37.4 Å². The molecule has 1 atom stereocenters. The fraction of sp³-hybridized carbons (Fsp3) is 0.941. The van der Waals surface area contributed by atoms with E-state index in [4.69, 9.17) is 4.74 Å². The highest BCUT2D eigenvalue weighted by Gasteiger charge is 2.50. The zero-order valence-electron chi connectivity index (χ0n) is 13.1. The number of morpholine rings is 1. The number of rotatable bonds is 3. The number of nitrogens with zero attached hydrogens (tertiary/aromatic N) is 1. The Bertz CT molecular complexity index is 388. The number of nitrogens with one attached hydrogen (secondary N) is 1. The van der Waals surface area contributed by atoms with E-state index in [1.807, 2.05) is 0 Å². The van der Waals surface area contributed by atoms with Gasteiger partial charge < -0.3 is 15.0 Å². The average molecular weight is 292 g/mol. The molecule has 1 amide bonds. The van der Waals surface area contributed by atoms with Gasteiger partial charge in [0.25, 0.3) is 0 Å². The van der Waals surface area contributed by atoms with Gasteiger partial charge in [-0.05, 0) is 68.7 Å². The third kappa shape index (κ3) is 2.72. The van der Waals surface area contributed by atoms with Crippen LogP contribution in [-0.2, 0) is 9.53 Å². The molecule has 1 saturated heterocycles. The predicted octanol–water partition coefficient (Wildman–Crippen LogP) is 1.65. The molecule has 1 heterocycles. The molecule has 118 valence electrons. The summed E-state index contributed by atoms with van der Waals surface area (Å²) >= 11 is 0. The molecule has 5 aliphatic rings.